The summed E-state index contributed by atoms with van der Waals surface area (Å²) in [4.78, 5) is 11.9. The number of halogens is 3. The molecule has 0 amide bonds. The van der Waals surface area contributed by atoms with Crippen LogP contribution < -0.4 is 4.74 Å². The molecular formula is C18H25F3O4S. The lowest BCUT2D eigenvalue weighted by atomic mass is 10.0. The van der Waals surface area contributed by atoms with E-state index in [9.17, 15) is 26.4 Å². The fourth-order valence-electron chi connectivity index (χ4n) is 2.22. The van der Waals surface area contributed by atoms with Crippen LogP contribution in [-0.2, 0) is 21.1 Å². The van der Waals surface area contributed by atoms with Crippen molar-refractivity contribution in [2.45, 2.75) is 64.0 Å². The number of ketones is 1. The van der Waals surface area contributed by atoms with Gasteiger partial charge in [0.2, 0.25) is 0 Å². The zero-order valence-electron chi connectivity index (χ0n) is 15.2. The van der Waals surface area contributed by atoms with Crippen molar-refractivity contribution in [2.24, 2.45) is 0 Å². The number of Topliss-reactive ketones (excluding diaryl/α,β-unsaturated/α-hetero) is 1. The second-order valence-electron chi connectivity index (χ2n) is 7.15. The smallest absolute Gasteiger partial charge is 0.406 e. The number of rotatable bonds is 9. The van der Waals surface area contributed by atoms with Gasteiger partial charge in [0.05, 0.1) is 10.5 Å². The first-order valence-corrected chi connectivity index (χ1v) is 10.0. The van der Waals surface area contributed by atoms with Crippen LogP contribution in [0.4, 0.5) is 13.2 Å². The van der Waals surface area contributed by atoms with Crippen LogP contribution in [0.1, 0.15) is 52.0 Å². The molecule has 1 aromatic rings. The van der Waals surface area contributed by atoms with Crippen LogP contribution in [0.15, 0.2) is 24.3 Å². The average molecular weight is 394 g/mol. The Morgan fingerprint density at radius 1 is 1.00 bits per heavy atom. The van der Waals surface area contributed by atoms with E-state index in [1.165, 1.54) is 24.3 Å². The van der Waals surface area contributed by atoms with Crippen LogP contribution in [0, 0.1) is 0 Å². The maximum Gasteiger partial charge on any atom is 0.573 e. The summed E-state index contributed by atoms with van der Waals surface area (Å²) in [7, 11) is -3.14. The van der Waals surface area contributed by atoms with Gasteiger partial charge in [0.25, 0.3) is 0 Å². The van der Waals surface area contributed by atoms with Crippen LogP contribution in [0.5, 0.6) is 5.75 Å². The first-order valence-electron chi connectivity index (χ1n) is 8.39. The summed E-state index contributed by atoms with van der Waals surface area (Å²) in [5, 5.41) is 0. The van der Waals surface area contributed by atoms with Gasteiger partial charge in [-0.1, -0.05) is 18.6 Å². The molecular weight excluding hydrogens is 369 g/mol. The molecule has 148 valence electrons. The molecule has 0 unspecified atom stereocenters. The number of hydrogen-bond acceptors (Lipinski definition) is 4. The Morgan fingerprint density at radius 3 is 2.08 bits per heavy atom. The zero-order chi connectivity index (χ0) is 20.0. The van der Waals surface area contributed by atoms with Gasteiger partial charge in [-0.15, -0.1) is 13.2 Å². The van der Waals surface area contributed by atoms with E-state index < -0.39 is 20.9 Å². The molecule has 0 aliphatic rings. The van der Waals surface area contributed by atoms with E-state index >= 15 is 0 Å². The highest BCUT2D eigenvalue weighted by Gasteiger charge is 2.31. The molecule has 0 aromatic heterocycles. The number of benzene rings is 1. The van der Waals surface area contributed by atoms with Gasteiger partial charge in [-0.2, -0.15) is 0 Å². The summed E-state index contributed by atoms with van der Waals surface area (Å²) in [6.07, 6.45) is -2.55. The highest BCUT2D eigenvalue weighted by atomic mass is 32.2. The van der Waals surface area contributed by atoms with Crippen molar-refractivity contribution in [2.75, 3.05) is 5.75 Å². The maximum atomic E-state index is 12.1. The number of sulfone groups is 1. The predicted octanol–water partition coefficient (Wildman–Crippen LogP) is 4.47. The van der Waals surface area contributed by atoms with E-state index in [0.717, 1.165) is 0 Å². The average Bonchev–Trinajstić information content (AvgIpc) is 2.46. The van der Waals surface area contributed by atoms with Crippen molar-refractivity contribution in [3.63, 3.8) is 0 Å². The van der Waals surface area contributed by atoms with Gasteiger partial charge in [-0.25, -0.2) is 8.42 Å². The fraction of sp³-hybridized carbons (Fsp3) is 0.611. The molecule has 0 bridgehead atoms. The molecule has 0 radical (unpaired) electrons. The molecule has 0 saturated heterocycles. The van der Waals surface area contributed by atoms with Crippen LogP contribution in [-0.4, -0.2) is 31.1 Å². The minimum atomic E-state index is -4.74. The molecule has 1 aromatic carbocycles. The zero-order valence-corrected chi connectivity index (χ0v) is 16.0. The Balaban J connectivity index is 2.33. The van der Waals surface area contributed by atoms with E-state index in [0.29, 0.717) is 31.2 Å². The van der Waals surface area contributed by atoms with E-state index in [1.807, 2.05) is 0 Å². The molecule has 0 fully saturated rings. The number of ether oxygens (including phenoxy) is 1. The van der Waals surface area contributed by atoms with Crippen LogP contribution in [0.2, 0.25) is 0 Å². The molecule has 4 nitrogen and oxygen atoms in total. The first-order chi connectivity index (χ1) is 11.8. The monoisotopic (exact) mass is 394 g/mol. The topological polar surface area (TPSA) is 60.4 Å². The van der Waals surface area contributed by atoms with E-state index in [-0.39, 0.29) is 23.7 Å². The third-order valence-corrected chi connectivity index (χ3v) is 6.55. The Kier molecular flexibility index (Phi) is 7.68. The normalized spacial score (nSPS) is 12.8. The van der Waals surface area contributed by atoms with E-state index in [1.54, 1.807) is 20.8 Å². The quantitative estimate of drug-likeness (QED) is 0.580. The van der Waals surface area contributed by atoms with Gasteiger partial charge in [0.1, 0.15) is 11.5 Å². The van der Waals surface area contributed by atoms with Gasteiger partial charge in [0.15, 0.2) is 9.84 Å². The lowest BCUT2D eigenvalue weighted by Crippen LogP contribution is -2.30. The number of unbranched alkanes of at least 4 members (excludes halogenated alkanes) is 2. The molecule has 8 heteroatoms. The van der Waals surface area contributed by atoms with E-state index in [2.05, 4.69) is 4.74 Å². The molecule has 1 rings (SSSR count). The third-order valence-electron chi connectivity index (χ3n) is 3.86. The molecule has 0 spiro atoms. The molecule has 0 N–H and O–H groups in total. The number of hydrogen-bond donors (Lipinski definition) is 0. The van der Waals surface area contributed by atoms with Crippen molar-refractivity contribution in [3.05, 3.63) is 29.8 Å². The third kappa shape index (κ3) is 8.21. The molecule has 26 heavy (non-hydrogen) atoms. The Labute approximate surface area is 152 Å². The summed E-state index contributed by atoms with van der Waals surface area (Å²) in [6.45, 7) is 4.99. The van der Waals surface area contributed by atoms with Gasteiger partial charge < -0.3 is 4.74 Å². The largest absolute Gasteiger partial charge is 0.573 e. The Morgan fingerprint density at radius 2 is 1.58 bits per heavy atom. The first kappa shape index (κ1) is 22.5. The van der Waals surface area contributed by atoms with Crippen LogP contribution in [0.25, 0.3) is 0 Å². The van der Waals surface area contributed by atoms with Crippen LogP contribution in [0.3, 0.4) is 0 Å². The maximum absolute atomic E-state index is 12.1. The number of alkyl halides is 3. The van der Waals surface area contributed by atoms with Crippen molar-refractivity contribution < 1.29 is 31.1 Å². The number of carbonyl (C=O) groups is 1. The predicted molar refractivity (Wildman–Crippen MR) is 93.8 cm³/mol. The Bertz CT molecular complexity index is 687. The van der Waals surface area contributed by atoms with Gasteiger partial charge >= 0.3 is 6.36 Å². The van der Waals surface area contributed by atoms with Crippen molar-refractivity contribution in [3.8, 4) is 5.75 Å². The summed E-state index contributed by atoms with van der Waals surface area (Å²) in [6, 6.07) is 5.20. The fourth-order valence-corrected chi connectivity index (χ4v) is 3.42. The number of carbonyl (C=O) groups excluding carboxylic acids is 1. The Hall–Kier alpha value is -1.57. The summed E-state index contributed by atoms with van der Waals surface area (Å²) < 4.78 is 63.1. The SMILES string of the molecule is CC(C)(C)S(=O)(=O)CCCCCC(=O)Cc1ccc(OC(F)(F)F)cc1. The second-order valence-corrected chi connectivity index (χ2v) is 10.0. The minimum Gasteiger partial charge on any atom is -0.406 e. The summed E-state index contributed by atoms with van der Waals surface area (Å²) in [5.41, 5.74) is 0.611. The highest BCUT2D eigenvalue weighted by Crippen LogP contribution is 2.23. The molecule has 0 aliphatic heterocycles. The highest BCUT2D eigenvalue weighted by molar-refractivity contribution is 7.92. The molecule has 0 aliphatic carbocycles. The molecule has 0 heterocycles. The van der Waals surface area contributed by atoms with Crippen molar-refractivity contribution in [1.82, 2.24) is 0 Å². The lowest BCUT2D eigenvalue weighted by molar-refractivity contribution is -0.274. The molecule has 0 saturated carbocycles. The van der Waals surface area contributed by atoms with Gasteiger partial charge in [0, 0.05) is 12.8 Å². The van der Waals surface area contributed by atoms with Crippen molar-refractivity contribution >= 4 is 15.6 Å². The molecule has 0 atom stereocenters. The van der Waals surface area contributed by atoms with Gasteiger partial charge in [-0.3, -0.25) is 4.79 Å². The second kappa shape index (κ2) is 8.88. The van der Waals surface area contributed by atoms with Crippen LogP contribution >= 0.6 is 0 Å². The summed E-state index contributed by atoms with van der Waals surface area (Å²) >= 11 is 0. The summed E-state index contributed by atoms with van der Waals surface area (Å²) in [5.74, 6) is -0.257. The minimum absolute atomic E-state index is 0.0341. The van der Waals surface area contributed by atoms with Crippen molar-refractivity contribution in [1.29, 1.82) is 0 Å². The van der Waals surface area contributed by atoms with E-state index in [4.69, 9.17) is 0 Å². The lowest BCUT2D eigenvalue weighted by Gasteiger charge is -2.18. The van der Waals surface area contributed by atoms with Gasteiger partial charge in [-0.05, 0) is 51.3 Å². The standard InChI is InChI=1S/C18H25F3O4S/c1-17(2,3)26(23,24)12-6-4-5-7-15(22)13-14-8-10-16(11-9-14)25-18(19,20)21/h8-11H,4-7,12-13H2,1-3H3.